The summed E-state index contributed by atoms with van der Waals surface area (Å²) in [6.07, 6.45) is 3.52. The van der Waals surface area contributed by atoms with Crippen molar-refractivity contribution in [1.29, 1.82) is 0 Å². The number of benzene rings is 1. The molecule has 28 heavy (non-hydrogen) atoms. The van der Waals surface area contributed by atoms with Gasteiger partial charge in [-0.15, -0.1) is 5.10 Å². The molecule has 146 valence electrons. The first-order valence-electron chi connectivity index (χ1n) is 8.21. The fraction of sp³-hybridized carbons (Fsp3) is 0.235. The number of hydrogen-bond donors (Lipinski definition) is 2. The second kappa shape index (κ2) is 9.24. The summed E-state index contributed by atoms with van der Waals surface area (Å²) in [4.78, 5) is 28.7. The largest absolute Gasteiger partial charge is 0.396 e. The summed E-state index contributed by atoms with van der Waals surface area (Å²) in [6.45, 7) is 0.323. The van der Waals surface area contributed by atoms with E-state index in [1.165, 1.54) is 17.1 Å². The zero-order valence-corrected chi connectivity index (χ0v) is 16.8. The minimum atomic E-state index is -0.482. The first kappa shape index (κ1) is 20.4. The molecule has 0 aliphatic carbocycles. The first-order chi connectivity index (χ1) is 13.5. The highest BCUT2D eigenvalue weighted by Gasteiger charge is 2.15. The van der Waals surface area contributed by atoms with E-state index in [0.717, 1.165) is 16.9 Å². The minimum Gasteiger partial charge on any atom is -0.396 e. The number of nitrogens with one attached hydrogen (secondary N) is 1. The van der Waals surface area contributed by atoms with Crippen LogP contribution in [-0.2, 0) is 6.54 Å². The second-order valence-electron chi connectivity index (χ2n) is 5.78. The molecule has 0 aliphatic heterocycles. The highest BCUT2D eigenvalue weighted by molar-refractivity contribution is 7.17. The number of nitrogens with zero attached hydrogens (tertiary/aromatic N) is 4. The van der Waals surface area contributed by atoms with Crippen molar-refractivity contribution in [2.24, 2.45) is 0 Å². The Morgan fingerprint density at radius 1 is 1.25 bits per heavy atom. The van der Waals surface area contributed by atoms with Crippen LogP contribution in [0.2, 0.25) is 10.0 Å². The number of carbonyl (C=O) groups is 2. The summed E-state index contributed by atoms with van der Waals surface area (Å²) in [7, 11) is 0. The van der Waals surface area contributed by atoms with Crippen LogP contribution in [0.5, 0.6) is 0 Å². The van der Waals surface area contributed by atoms with Gasteiger partial charge in [-0.25, -0.2) is 9.67 Å². The Morgan fingerprint density at radius 2 is 2.07 bits per heavy atom. The number of halogens is 2. The second-order valence-corrected chi connectivity index (χ2v) is 7.63. The third kappa shape index (κ3) is 5.14. The van der Waals surface area contributed by atoms with E-state index in [9.17, 15) is 9.59 Å². The van der Waals surface area contributed by atoms with Gasteiger partial charge in [0.2, 0.25) is 0 Å². The van der Waals surface area contributed by atoms with Gasteiger partial charge in [-0.3, -0.25) is 14.9 Å². The Hall–Kier alpha value is -2.33. The maximum absolute atomic E-state index is 12.3. The van der Waals surface area contributed by atoms with Crippen molar-refractivity contribution in [2.45, 2.75) is 19.4 Å². The zero-order valence-electron chi connectivity index (χ0n) is 14.4. The molecule has 0 saturated heterocycles. The molecular formula is C17H15Cl2N5O3S. The lowest BCUT2D eigenvalue weighted by Crippen LogP contribution is -2.12. The van der Waals surface area contributed by atoms with Crippen molar-refractivity contribution in [3.8, 4) is 0 Å². The monoisotopic (exact) mass is 439 g/mol. The molecule has 0 unspecified atom stereocenters. The van der Waals surface area contributed by atoms with Crippen LogP contribution in [0.15, 0.2) is 30.6 Å². The molecule has 8 nitrogen and oxygen atoms in total. The standard InChI is InChI=1S/C17H15Cl2N5O3S/c18-11-4-3-10(6-12(11)19)8-24-9-13(22-23-24)16(27)21-17-20-7-15(28-17)14(26)2-1-5-25/h3-4,6-7,9,25H,1-2,5,8H2,(H,20,21,27). The predicted molar refractivity (Wildman–Crippen MR) is 106 cm³/mol. The lowest BCUT2D eigenvalue weighted by atomic mass is 10.2. The molecule has 2 heterocycles. The van der Waals surface area contributed by atoms with Crippen molar-refractivity contribution >= 4 is 51.4 Å². The van der Waals surface area contributed by atoms with Gasteiger partial charge in [-0.1, -0.05) is 45.8 Å². The molecule has 3 rings (SSSR count). The number of hydrogen-bond acceptors (Lipinski definition) is 7. The molecule has 0 spiro atoms. The molecule has 0 radical (unpaired) electrons. The van der Waals surface area contributed by atoms with Gasteiger partial charge in [-0.05, 0) is 24.1 Å². The SMILES string of the molecule is O=C(Nc1ncc(C(=O)CCCO)s1)c1cn(Cc2ccc(Cl)c(Cl)c2)nn1. The van der Waals surface area contributed by atoms with Crippen molar-refractivity contribution in [1.82, 2.24) is 20.0 Å². The Labute approximate surface area is 174 Å². The van der Waals surface area contributed by atoms with Gasteiger partial charge in [0.05, 0.1) is 33.9 Å². The van der Waals surface area contributed by atoms with Gasteiger partial charge in [0, 0.05) is 13.0 Å². The molecule has 11 heteroatoms. The van der Waals surface area contributed by atoms with Gasteiger partial charge in [0.1, 0.15) is 0 Å². The summed E-state index contributed by atoms with van der Waals surface area (Å²) >= 11 is 13.0. The Balaban J connectivity index is 1.62. The van der Waals surface area contributed by atoms with Gasteiger partial charge in [0.25, 0.3) is 5.91 Å². The summed E-state index contributed by atoms with van der Waals surface area (Å²) in [5, 5.41) is 20.3. The Kier molecular flexibility index (Phi) is 6.74. The van der Waals surface area contributed by atoms with Crippen molar-refractivity contribution in [3.63, 3.8) is 0 Å². The van der Waals surface area contributed by atoms with Crippen LogP contribution in [0.4, 0.5) is 5.13 Å². The maximum atomic E-state index is 12.3. The summed E-state index contributed by atoms with van der Waals surface area (Å²) in [5.74, 6) is -0.608. The summed E-state index contributed by atoms with van der Waals surface area (Å²) in [5.41, 5.74) is 0.973. The number of aliphatic hydroxyl groups excluding tert-OH is 1. The number of thiazole rings is 1. The van der Waals surface area contributed by atoms with Crippen LogP contribution in [-0.4, -0.2) is 43.4 Å². The van der Waals surface area contributed by atoms with E-state index in [1.54, 1.807) is 18.2 Å². The molecular weight excluding hydrogens is 425 g/mol. The van der Waals surface area contributed by atoms with Crippen LogP contribution in [0, 0.1) is 0 Å². The normalized spacial score (nSPS) is 10.8. The summed E-state index contributed by atoms with van der Waals surface area (Å²) in [6, 6.07) is 5.21. The molecule has 0 atom stereocenters. The molecule has 2 aromatic heterocycles. The maximum Gasteiger partial charge on any atom is 0.279 e. The third-order valence-electron chi connectivity index (χ3n) is 3.66. The fourth-order valence-electron chi connectivity index (χ4n) is 2.29. The topological polar surface area (TPSA) is 110 Å². The van der Waals surface area contributed by atoms with Crippen molar-refractivity contribution in [3.05, 3.63) is 56.8 Å². The van der Waals surface area contributed by atoms with Gasteiger partial charge in [0.15, 0.2) is 16.6 Å². The van der Waals surface area contributed by atoms with Crippen molar-refractivity contribution < 1.29 is 14.7 Å². The van der Waals surface area contributed by atoms with Crippen LogP contribution in [0.1, 0.15) is 38.6 Å². The average molecular weight is 440 g/mol. The number of aromatic nitrogens is 4. The molecule has 0 bridgehead atoms. The number of amides is 1. The number of anilines is 1. The van der Waals surface area contributed by atoms with E-state index in [4.69, 9.17) is 28.3 Å². The first-order valence-corrected chi connectivity index (χ1v) is 9.79. The number of aliphatic hydroxyl groups is 1. The molecule has 2 N–H and O–H groups in total. The molecule has 1 amide bonds. The average Bonchev–Trinajstić information content (AvgIpc) is 3.32. The van der Waals surface area contributed by atoms with Gasteiger partial charge < -0.3 is 5.11 Å². The number of Topliss-reactive ketones (excluding diaryl/α,β-unsaturated/α-hetero) is 1. The smallest absolute Gasteiger partial charge is 0.279 e. The molecule has 0 saturated carbocycles. The van der Waals surface area contributed by atoms with E-state index < -0.39 is 5.91 Å². The molecule has 0 aliphatic rings. The van der Waals surface area contributed by atoms with E-state index in [-0.39, 0.29) is 29.6 Å². The van der Waals surface area contributed by atoms with Gasteiger partial charge >= 0.3 is 0 Å². The fourth-order valence-corrected chi connectivity index (χ4v) is 3.39. The predicted octanol–water partition coefficient (Wildman–Crippen LogP) is 3.30. The highest BCUT2D eigenvalue weighted by atomic mass is 35.5. The van der Waals surface area contributed by atoms with E-state index in [0.29, 0.717) is 27.9 Å². The molecule has 1 aromatic carbocycles. The highest BCUT2D eigenvalue weighted by Crippen LogP contribution is 2.23. The zero-order chi connectivity index (χ0) is 20.1. The minimum absolute atomic E-state index is 0.0496. The van der Waals surface area contributed by atoms with E-state index in [1.807, 2.05) is 0 Å². The third-order valence-corrected chi connectivity index (χ3v) is 5.36. The summed E-state index contributed by atoms with van der Waals surface area (Å²) < 4.78 is 1.50. The quantitative estimate of drug-likeness (QED) is 0.520. The van der Waals surface area contributed by atoms with E-state index in [2.05, 4.69) is 20.6 Å². The van der Waals surface area contributed by atoms with Crippen LogP contribution in [0.25, 0.3) is 0 Å². The number of carbonyl (C=O) groups excluding carboxylic acids is 2. The van der Waals surface area contributed by atoms with Crippen LogP contribution >= 0.6 is 34.5 Å². The molecule has 0 fully saturated rings. The Morgan fingerprint density at radius 3 is 2.82 bits per heavy atom. The van der Waals surface area contributed by atoms with E-state index >= 15 is 0 Å². The van der Waals surface area contributed by atoms with Gasteiger partial charge in [-0.2, -0.15) is 0 Å². The number of ketones is 1. The van der Waals surface area contributed by atoms with Crippen molar-refractivity contribution in [2.75, 3.05) is 11.9 Å². The van der Waals surface area contributed by atoms with Crippen LogP contribution < -0.4 is 5.32 Å². The lowest BCUT2D eigenvalue weighted by Gasteiger charge is -2.02. The molecule has 3 aromatic rings. The van der Waals surface area contributed by atoms with Crippen LogP contribution in [0.3, 0.4) is 0 Å². The lowest BCUT2D eigenvalue weighted by molar-refractivity contribution is 0.0973. The number of rotatable bonds is 8. The Bertz CT molecular complexity index is 1000.